The quantitative estimate of drug-likeness (QED) is 0.667. The molecule has 3 nitrogen and oxygen atoms in total. The average molecular weight is 209 g/mol. The van der Waals surface area contributed by atoms with Gasteiger partial charge >= 0.3 is 0 Å². The van der Waals surface area contributed by atoms with Gasteiger partial charge in [-0.05, 0) is 25.9 Å². The van der Waals surface area contributed by atoms with Gasteiger partial charge in [-0.2, -0.15) is 0 Å². The van der Waals surface area contributed by atoms with E-state index >= 15 is 0 Å². The van der Waals surface area contributed by atoms with E-state index in [1.807, 2.05) is 0 Å². The summed E-state index contributed by atoms with van der Waals surface area (Å²) >= 11 is 0. The largest absolute Gasteiger partial charge is 0.315 e. The van der Waals surface area contributed by atoms with Crippen LogP contribution in [0.2, 0.25) is 0 Å². The molecule has 0 saturated carbocycles. The van der Waals surface area contributed by atoms with E-state index in [0.717, 1.165) is 12.0 Å². The molecule has 3 fully saturated rings. The molecule has 0 bridgehead atoms. The Hall–Kier alpha value is -0.120. The van der Waals surface area contributed by atoms with Crippen LogP contribution in [-0.4, -0.2) is 62.2 Å². The van der Waals surface area contributed by atoms with E-state index in [4.69, 9.17) is 0 Å². The van der Waals surface area contributed by atoms with Gasteiger partial charge in [-0.25, -0.2) is 0 Å². The van der Waals surface area contributed by atoms with Crippen LogP contribution in [0.5, 0.6) is 0 Å². The minimum Gasteiger partial charge on any atom is -0.315 e. The zero-order valence-corrected chi connectivity index (χ0v) is 10.00. The molecule has 0 amide bonds. The van der Waals surface area contributed by atoms with Gasteiger partial charge in [0, 0.05) is 44.2 Å². The maximum atomic E-state index is 3.41. The molecule has 2 unspecified atom stereocenters. The third kappa shape index (κ3) is 1.61. The summed E-state index contributed by atoms with van der Waals surface area (Å²) in [6, 6.07) is 0.868. The van der Waals surface area contributed by atoms with E-state index in [-0.39, 0.29) is 0 Å². The van der Waals surface area contributed by atoms with Crippen molar-refractivity contribution in [2.45, 2.75) is 19.4 Å². The molecular weight excluding hydrogens is 186 g/mol. The molecule has 0 aromatic carbocycles. The molecule has 3 heterocycles. The SMILES string of the molecule is CC1CN(C)CCC1N1CC2(CNC2)C1. The predicted octanol–water partition coefficient (Wildman–Crippen LogP) is 0.232. The molecule has 0 aromatic rings. The lowest BCUT2D eigenvalue weighted by atomic mass is 9.72. The van der Waals surface area contributed by atoms with Crippen LogP contribution in [0, 0.1) is 11.3 Å². The number of piperidine rings is 1. The molecule has 3 aliphatic heterocycles. The maximum absolute atomic E-state index is 3.41. The van der Waals surface area contributed by atoms with Crippen molar-refractivity contribution in [3.05, 3.63) is 0 Å². The summed E-state index contributed by atoms with van der Waals surface area (Å²) in [4.78, 5) is 5.21. The van der Waals surface area contributed by atoms with E-state index in [1.165, 1.54) is 45.7 Å². The van der Waals surface area contributed by atoms with Crippen molar-refractivity contribution in [3.63, 3.8) is 0 Å². The second kappa shape index (κ2) is 3.44. The molecule has 1 N–H and O–H groups in total. The van der Waals surface area contributed by atoms with Gasteiger partial charge in [0.1, 0.15) is 0 Å². The summed E-state index contributed by atoms with van der Waals surface area (Å²) < 4.78 is 0. The Morgan fingerprint density at radius 3 is 2.53 bits per heavy atom. The zero-order valence-electron chi connectivity index (χ0n) is 10.00. The standard InChI is InChI=1S/C12H23N3/c1-10-5-14(2)4-3-11(10)15-8-12(9-15)6-13-7-12/h10-11,13H,3-9H2,1-2H3. The molecule has 3 heteroatoms. The fraction of sp³-hybridized carbons (Fsp3) is 1.00. The van der Waals surface area contributed by atoms with E-state index in [0.29, 0.717) is 5.41 Å². The van der Waals surface area contributed by atoms with Crippen LogP contribution in [0.3, 0.4) is 0 Å². The van der Waals surface area contributed by atoms with Gasteiger partial charge in [0.2, 0.25) is 0 Å². The van der Waals surface area contributed by atoms with E-state index in [2.05, 4.69) is 29.1 Å². The number of hydrogen-bond acceptors (Lipinski definition) is 3. The number of hydrogen-bond donors (Lipinski definition) is 1. The first kappa shape index (κ1) is 10.1. The Labute approximate surface area is 92.8 Å². The molecule has 3 saturated heterocycles. The Morgan fingerprint density at radius 1 is 1.27 bits per heavy atom. The second-order valence-corrected chi connectivity index (χ2v) is 6.10. The van der Waals surface area contributed by atoms with Crippen molar-refractivity contribution in [2.75, 3.05) is 46.3 Å². The zero-order chi connectivity index (χ0) is 10.5. The lowest BCUT2D eigenvalue weighted by Crippen LogP contribution is -2.73. The van der Waals surface area contributed by atoms with Crippen LogP contribution in [0.15, 0.2) is 0 Å². The van der Waals surface area contributed by atoms with Crippen molar-refractivity contribution in [1.82, 2.24) is 15.1 Å². The first-order valence-corrected chi connectivity index (χ1v) is 6.32. The maximum Gasteiger partial charge on any atom is 0.0207 e. The first-order valence-electron chi connectivity index (χ1n) is 6.32. The summed E-state index contributed by atoms with van der Waals surface area (Å²) in [6.07, 6.45) is 1.38. The van der Waals surface area contributed by atoms with Gasteiger partial charge < -0.3 is 10.2 Å². The van der Waals surface area contributed by atoms with Crippen LogP contribution in [-0.2, 0) is 0 Å². The number of nitrogens with zero attached hydrogens (tertiary/aromatic N) is 2. The van der Waals surface area contributed by atoms with Crippen molar-refractivity contribution in [1.29, 1.82) is 0 Å². The van der Waals surface area contributed by atoms with E-state index in [9.17, 15) is 0 Å². The number of likely N-dealkylation sites (tertiary alicyclic amines) is 2. The van der Waals surface area contributed by atoms with Gasteiger partial charge in [0.15, 0.2) is 0 Å². The van der Waals surface area contributed by atoms with Crippen LogP contribution in [0.25, 0.3) is 0 Å². The molecule has 0 aliphatic carbocycles. The molecule has 0 radical (unpaired) electrons. The smallest absolute Gasteiger partial charge is 0.0207 e. The highest BCUT2D eigenvalue weighted by atomic mass is 15.3. The van der Waals surface area contributed by atoms with Crippen LogP contribution in [0.1, 0.15) is 13.3 Å². The summed E-state index contributed by atoms with van der Waals surface area (Å²) in [5.41, 5.74) is 0.697. The Kier molecular flexibility index (Phi) is 2.31. The van der Waals surface area contributed by atoms with Gasteiger partial charge in [-0.15, -0.1) is 0 Å². The van der Waals surface area contributed by atoms with Gasteiger partial charge in [-0.3, -0.25) is 4.90 Å². The number of rotatable bonds is 1. The lowest BCUT2D eigenvalue weighted by Gasteiger charge is -2.60. The van der Waals surface area contributed by atoms with Gasteiger partial charge in [0.25, 0.3) is 0 Å². The summed E-state index contributed by atoms with van der Waals surface area (Å²) in [7, 11) is 2.25. The molecule has 86 valence electrons. The van der Waals surface area contributed by atoms with Gasteiger partial charge in [0.05, 0.1) is 0 Å². The fourth-order valence-corrected chi connectivity index (χ4v) is 3.64. The first-order chi connectivity index (χ1) is 7.19. The molecule has 3 rings (SSSR count). The molecule has 15 heavy (non-hydrogen) atoms. The van der Waals surface area contributed by atoms with Crippen LogP contribution in [0.4, 0.5) is 0 Å². The van der Waals surface area contributed by atoms with Crippen LogP contribution >= 0.6 is 0 Å². The van der Waals surface area contributed by atoms with Crippen molar-refractivity contribution >= 4 is 0 Å². The highest BCUT2D eigenvalue weighted by molar-refractivity contribution is 5.06. The molecular formula is C12H23N3. The topological polar surface area (TPSA) is 18.5 Å². The normalized spacial score (nSPS) is 41.2. The summed E-state index contributed by atoms with van der Waals surface area (Å²) in [6.45, 7) is 10.2. The van der Waals surface area contributed by atoms with Crippen LogP contribution < -0.4 is 5.32 Å². The van der Waals surface area contributed by atoms with Crippen molar-refractivity contribution in [2.24, 2.45) is 11.3 Å². The van der Waals surface area contributed by atoms with E-state index < -0.39 is 0 Å². The predicted molar refractivity (Wildman–Crippen MR) is 61.9 cm³/mol. The Bertz CT molecular complexity index is 241. The second-order valence-electron chi connectivity index (χ2n) is 6.10. The summed E-state index contributed by atoms with van der Waals surface area (Å²) in [5.74, 6) is 0.856. The monoisotopic (exact) mass is 209 g/mol. The van der Waals surface area contributed by atoms with Crippen molar-refractivity contribution in [3.8, 4) is 0 Å². The minimum absolute atomic E-state index is 0.697. The third-order valence-electron chi connectivity index (χ3n) is 4.61. The molecule has 3 aliphatic rings. The Balaban J connectivity index is 1.55. The van der Waals surface area contributed by atoms with Crippen molar-refractivity contribution < 1.29 is 0 Å². The molecule has 2 atom stereocenters. The summed E-state index contributed by atoms with van der Waals surface area (Å²) in [5, 5.41) is 3.41. The Morgan fingerprint density at radius 2 is 2.00 bits per heavy atom. The highest BCUT2D eigenvalue weighted by Gasteiger charge is 2.50. The number of nitrogens with one attached hydrogen (secondary N) is 1. The minimum atomic E-state index is 0.697. The third-order valence-corrected chi connectivity index (χ3v) is 4.61. The lowest BCUT2D eigenvalue weighted by molar-refractivity contribution is -0.0887. The highest BCUT2D eigenvalue weighted by Crippen LogP contribution is 2.38. The fourth-order valence-electron chi connectivity index (χ4n) is 3.64. The van der Waals surface area contributed by atoms with E-state index in [1.54, 1.807) is 0 Å². The van der Waals surface area contributed by atoms with Gasteiger partial charge in [-0.1, -0.05) is 6.92 Å². The average Bonchev–Trinajstić information content (AvgIpc) is 2.03. The molecule has 0 aromatic heterocycles. The molecule has 1 spiro atoms.